The average Bonchev–Trinajstić information content (AvgIpc) is 3.11. The Labute approximate surface area is 157 Å². The lowest BCUT2D eigenvalue weighted by Crippen LogP contribution is -2.33. The molecule has 2 fully saturated rings. The minimum absolute atomic E-state index is 0.255. The van der Waals surface area contributed by atoms with Crippen molar-refractivity contribution in [2.75, 3.05) is 0 Å². The molecule has 1 saturated heterocycles. The molecule has 5 nitrogen and oxygen atoms in total. The van der Waals surface area contributed by atoms with E-state index in [2.05, 4.69) is 10.6 Å². The number of nitrogens with one attached hydrogen (secondary N) is 2. The van der Waals surface area contributed by atoms with Crippen LogP contribution < -0.4 is 10.6 Å². The maximum Gasteiger partial charge on any atom is 0.339 e. The van der Waals surface area contributed by atoms with E-state index in [0.717, 1.165) is 43.2 Å². The lowest BCUT2D eigenvalue weighted by molar-refractivity contribution is -0.147. The SMILES string of the molecule is C/C(C1=C(c2ccccc2)C2(CCCCC2)OC1=O)=C1\NC(=S)NC1=O. The Bertz CT molecular complexity index is 864. The van der Waals surface area contributed by atoms with E-state index in [-0.39, 0.29) is 17.0 Å². The molecule has 2 heterocycles. The summed E-state index contributed by atoms with van der Waals surface area (Å²) in [5.74, 6) is -0.673. The van der Waals surface area contributed by atoms with Crippen LogP contribution in [0, 0.1) is 0 Å². The Morgan fingerprint density at radius 3 is 2.38 bits per heavy atom. The van der Waals surface area contributed by atoms with Gasteiger partial charge in [0.05, 0.1) is 5.57 Å². The number of hydrogen-bond acceptors (Lipinski definition) is 4. The molecule has 0 unspecified atom stereocenters. The van der Waals surface area contributed by atoms with E-state index >= 15 is 0 Å². The standard InChI is InChI=1S/C20H20N2O3S/c1-12(16-17(23)22-19(26)21-16)14-15(13-8-4-2-5-9-13)20(25-18(14)24)10-6-3-7-11-20/h2,4-5,8-9H,3,6-7,10-11H2,1H3,(H2,21,22,23,26)/b16-12+. The van der Waals surface area contributed by atoms with Gasteiger partial charge in [0.15, 0.2) is 5.11 Å². The van der Waals surface area contributed by atoms with Crippen molar-refractivity contribution in [2.45, 2.75) is 44.6 Å². The van der Waals surface area contributed by atoms with Crippen LogP contribution in [0.25, 0.3) is 5.57 Å². The van der Waals surface area contributed by atoms with Crippen molar-refractivity contribution < 1.29 is 14.3 Å². The van der Waals surface area contributed by atoms with E-state index in [1.165, 1.54) is 0 Å². The van der Waals surface area contributed by atoms with Crippen molar-refractivity contribution in [3.63, 3.8) is 0 Å². The summed E-state index contributed by atoms with van der Waals surface area (Å²) >= 11 is 5.03. The van der Waals surface area contributed by atoms with Crippen LogP contribution in [-0.4, -0.2) is 22.6 Å². The predicted octanol–water partition coefficient (Wildman–Crippen LogP) is 2.98. The molecule has 134 valence electrons. The maximum absolute atomic E-state index is 12.9. The second-order valence-electron chi connectivity index (χ2n) is 6.97. The van der Waals surface area contributed by atoms with E-state index in [1.807, 2.05) is 30.3 Å². The molecule has 1 aliphatic carbocycles. The Balaban J connectivity index is 1.94. The molecule has 2 aliphatic heterocycles. The van der Waals surface area contributed by atoms with E-state index in [0.29, 0.717) is 16.8 Å². The van der Waals surface area contributed by atoms with Gasteiger partial charge in [-0.25, -0.2) is 4.79 Å². The number of hydrogen-bond donors (Lipinski definition) is 2. The molecule has 1 amide bonds. The van der Waals surface area contributed by atoms with Gasteiger partial charge in [-0.1, -0.05) is 36.8 Å². The number of rotatable bonds is 2. The highest BCUT2D eigenvalue weighted by molar-refractivity contribution is 7.80. The van der Waals surface area contributed by atoms with Crippen LogP contribution in [-0.2, 0) is 14.3 Å². The van der Waals surface area contributed by atoms with Gasteiger partial charge < -0.3 is 10.1 Å². The number of amides is 1. The highest BCUT2D eigenvalue weighted by atomic mass is 32.1. The van der Waals surface area contributed by atoms with E-state index in [9.17, 15) is 9.59 Å². The summed E-state index contributed by atoms with van der Waals surface area (Å²) in [4.78, 5) is 25.1. The molecular formula is C20H20N2O3S. The summed E-state index contributed by atoms with van der Waals surface area (Å²) in [6.45, 7) is 1.78. The number of thiocarbonyl (C=S) groups is 1. The second kappa shape index (κ2) is 6.36. The summed E-state index contributed by atoms with van der Waals surface area (Å²) in [5.41, 5.74) is 2.66. The first-order valence-electron chi connectivity index (χ1n) is 8.89. The maximum atomic E-state index is 12.9. The van der Waals surface area contributed by atoms with Gasteiger partial charge in [-0.3, -0.25) is 10.1 Å². The number of benzene rings is 1. The van der Waals surface area contributed by atoms with Crippen molar-refractivity contribution in [3.05, 3.63) is 52.7 Å². The zero-order chi connectivity index (χ0) is 18.3. The molecule has 0 aromatic heterocycles. The number of carbonyl (C=O) groups is 2. The summed E-state index contributed by atoms with van der Waals surface area (Å²) in [6, 6.07) is 9.86. The quantitative estimate of drug-likeness (QED) is 0.477. The van der Waals surface area contributed by atoms with Crippen LogP contribution in [0.15, 0.2) is 47.2 Å². The van der Waals surface area contributed by atoms with Gasteiger partial charge >= 0.3 is 5.97 Å². The molecule has 1 saturated carbocycles. The van der Waals surface area contributed by atoms with Crippen LogP contribution in [0.3, 0.4) is 0 Å². The average molecular weight is 368 g/mol. The first kappa shape index (κ1) is 17.0. The molecule has 1 aromatic carbocycles. The van der Waals surface area contributed by atoms with Crippen LogP contribution in [0.4, 0.5) is 0 Å². The lowest BCUT2D eigenvalue weighted by Gasteiger charge is -2.34. The molecule has 2 N–H and O–H groups in total. The molecule has 6 heteroatoms. The smallest absolute Gasteiger partial charge is 0.339 e. The Morgan fingerprint density at radius 2 is 1.77 bits per heavy atom. The monoisotopic (exact) mass is 368 g/mol. The third kappa shape index (κ3) is 2.65. The van der Waals surface area contributed by atoms with Gasteiger partial charge in [0.25, 0.3) is 5.91 Å². The topological polar surface area (TPSA) is 67.4 Å². The molecule has 0 radical (unpaired) electrons. The minimum Gasteiger partial charge on any atom is -0.451 e. The summed E-state index contributed by atoms with van der Waals surface area (Å²) in [6.07, 6.45) is 4.82. The normalized spacial score (nSPS) is 23.8. The van der Waals surface area contributed by atoms with Crippen molar-refractivity contribution >= 4 is 34.8 Å². The number of ether oxygens (including phenoxy) is 1. The van der Waals surface area contributed by atoms with Gasteiger partial charge in [0.2, 0.25) is 0 Å². The van der Waals surface area contributed by atoms with Gasteiger partial charge in [0, 0.05) is 5.57 Å². The molecule has 3 aliphatic rings. The van der Waals surface area contributed by atoms with Gasteiger partial charge in [-0.05, 0) is 56.0 Å². The van der Waals surface area contributed by atoms with Crippen LogP contribution in [0.2, 0.25) is 0 Å². The molecule has 0 bridgehead atoms. The molecular weight excluding hydrogens is 348 g/mol. The highest BCUT2D eigenvalue weighted by Gasteiger charge is 2.49. The van der Waals surface area contributed by atoms with E-state index < -0.39 is 5.60 Å². The van der Waals surface area contributed by atoms with Crippen molar-refractivity contribution in [1.29, 1.82) is 0 Å². The first-order valence-corrected chi connectivity index (χ1v) is 9.30. The van der Waals surface area contributed by atoms with Crippen molar-refractivity contribution in [1.82, 2.24) is 10.6 Å². The first-order chi connectivity index (χ1) is 12.5. The summed E-state index contributed by atoms with van der Waals surface area (Å²) in [7, 11) is 0. The summed E-state index contributed by atoms with van der Waals surface area (Å²) < 4.78 is 5.97. The third-order valence-electron chi connectivity index (χ3n) is 5.36. The zero-order valence-corrected chi connectivity index (χ0v) is 15.4. The van der Waals surface area contributed by atoms with Gasteiger partial charge in [-0.2, -0.15) is 0 Å². The predicted molar refractivity (Wildman–Crippen MR) is 102 cm³/mol. The third-order valence-corrected chi connectivity index (χ3v) is 5.57. The molecule has 1 spiro atoms. The van der Waals surface area contributed by atoms with E-state index in [1.54, 1.807) is 6.92 Å². The molecule has 1 aromatic rings. The summed E-state index contributed by atoms with van der Waals surface area (Å²) in [5, 5.41) is 5.69. The molecule has 26 heavy (non-hydrogen) atoms. The van der Waals surface area contributed by atoms with Gasteiger partial charge in [0.1, 0.15) is 11.3 Å². The molecule has 0 atom stereocenters. The Kier molecular flexibility index (Phi) is 4.15. The largest absolute Gasteiger partial charge is 0.451 e. The van der Waals surface area contributed by atoms with Crippen LogP contribution in [0.5, 0.6) is 0 Å². The van der Waals surface area contributed by atoms with Crippen LogP contribution >= 0.6 is 12.2 Å². The fraction of sp³-hybridized carbons (Fsp3) is 0.350. The second-order valence-corrected chi connectivity index (χ2v) is 7.38. The van der Waals surface area contributed by atoms with Crippen LogP contribution in [0.1, 0.15) is 44.6 Å². The highest BCUT2D eigenvalue weighted by Crippen LogP contribution is 2.50. The van der Waals surface area contributed by atoms with E-state index in [4.69, 9.17) is 17.0 Å². The minimum atomic E-state index is -0.594. The van der Waals surface area contributed by atoms with Gasteiger partial charge in [-0.15, -0.1) is 0 Å². The Hall–Kier alpha value is -2.47. The molecule has 4 rings (SSSR count). The van der Waals surface area contributed by atoms with Crippen molar-refractivity contribution in [2.24, 2.45) is 0 Å². The zero-order valence-electron chi connectivity index (χ0n) is 14.6. The number of carbonyl (C=O) groups excluding carboxylic acids is 2. The fourth-order valence-corrected chi connectivity index (χ4v) is 4.39. The Morgan fingerprint density at radius 1 is 1.08 bits per heavy atom. The lowest BCUT2D eigenvalue weighted by atomic mass is 9.75. The number of esters is 1. The van der Waals surface area contributed by atoms with Crippen molar-refractivity contribution in [3.8, 4) is 0 Å². The fourth-order valence-electron chi connectivity index (χ4n) is 4.19.